The van der Waals surface area contributed by atoms with Crippen LogP contribution in [0, 0.1) is 0 Å². The molecule has 1 unspecified atom stereocenters. The summed E-state index contributed by atoms with van der Waals surface area (Å²) in [5.74, 6) is 0.315. The standard InChI is InChI=1S/C21H26BNO2.C2H6/c1-5-8-17(4)20-9-6-7-10-21(20)23(16(2)3)15-18-11-13-19(14-12-18)22(24)25;1-2/h5-14,17,24-25H,2,15H2,1,3-4H3;1-2H3/b8-5-;. The van der Waals surface area contributed by atoms with E-state index in [0.717, 1.165) is 16.9 Å². The van der Waals surface area contributed by atoms with Crippen molar-refractivity contribution < 1.29 is 10.0 Å². The first kappa shape index (κ1) is 22.7. The second kappa shape index (κ2) is 11.4. The highest BCUT2D eigenvalue weighted by Crippen LogP contribution is 2.31. The quantitative estimate of drug-likeness (QED) is 0.556. The van der Waals surface area contributed by atoms with Crippen LogP contribution < -0.4 is 10.4 Å². The van der Waals surface area contributed by atoms with Crippen molar-refractivity contribution in [1.82, 2.24) is 0 Å². The molecule has 0 aliphatic rings. The van der Waals surface area contributed by atoms with Crippen LogP contribution in [0.1, 0.15) is 51.7 Å². The summed E-state index contributed by atoms with van der Waals surface area (Å²) >= 11 is 0. The maximum absolute atomic E-state index is 9.24. The summed E-state index contributed by atoms with van der Waals surface area (Å²) in [5.41, 5.74) is 4.94. The highest BCUT2D eigenvalue weighted by Gasteiger charge is 2.16. The molecule has 2 aromatic rings. The van der Waals surface area contributed by atoms with Gasteiger partial charge in [-0.3, -0.25) is 0 Å². The molecule has 144 valence electrons. The molecule has 2 aromatic carbocycles. The fraction of sp³-hybridized carbons (Fsp3) is 0.304. The van der Waals surface area contributed by atoms with Crippen LogP contribution in [0.2, 0.25) is 0 Å². The Morgan fingerprint density at radius 3 is 2.22 bits per heavy atom. The molecular formula is C23H32BNO2. The van der Waals surface area contributed by atoms with Crippen molar-refractivity contribution in [3.63, 3.8) is 0 Å². The molecule has 0 aliphatic carbocycles. The smallest absolute Gasteiger partial charge is 0.423 e. The molecule has 4 heteroatoms. The summed E-state index contributed by atoms with van der Waals surface area (Å²) in [5, 5.41) is 18.5. The molecule has 0 aromatic heterocycles. The van der Waals surface area contributed by atoms with Crippen molar-refractivity contribution in [2.75, 3.05) is 4.90 Å². The molecule has 0 amide bonds. The normalized spacial score (nSPS) is 11.5. The van der Waals surface area contributed by atoms with Crippen LogP contribution in [0.3, 0.4) is 0 Å². The van der Waals surface area contributed by atoms with E-state index in [-0.39, 0.29) is 0 Å². The first-order chi connectivity index (χ1) is 12.9. The second-order valence-corrected chi connectivity index (χ2v) is 6.31. The van der Waals surface area contributed by atoms with Gasteiger partial charge in [0, 0.05) is 23.8 Å². The first-order valence-electron chi connectivity index (χ1n) is 9.53. The lowest BCUT2D eigenvalue weighted by atomic mass is 9.80. The third-order valence-electron chi connectivity index (χ3n) is 4.28. The molecule has 0 fully saturated rings. The van der Waals surface area contributed by atoms with E-state index >= 15 is 0 Å². The summed E-state index contributed by atoms with van der Waals surface area (Å²) in [7, 11) is -1.44. The van der Waals surface area contributed by atoms with Gasteiger partial charge in [0.2, 0.25) is 0 Å². The third-order valence-corrected chi connectivity index (χ3v) is 4.28. The van der Waals surface area contributed by atoms with E-state index in [1.54, 1.807) is 12.1 Å². The van der Waals surface area contributed by atoms with E-state index in [9.17, 15) is 10.0 Å². The van der Waals surface area contributed by atoms with E-state index in [0.29, 0.717) is 17.9 Å². The third kappa shape index (κ3) is 6.42. The van der Waals surface area contributed by atoms with Gasteiger partial charge in [0.05, 0.1) is 0 Å². The second-order valence-electron chi connectivity index (χ2n) is 6.31. The van der Waals surface area contributed by atoms with Gasteiger partial charge in [0.1, 0.15) is 0 Å². The van der Waals surface area contributed by atoms with Crippen molar-refractivity contribution in [2.24, 2.45) is 0 Å². The van der Waals surface area contributed by atoms with Crippen molar-refractivity contribution in [3.8, 4) is 0 Å². The van der Waals surface area contributed by atoms with Gasteiger partial charge in [-0.25, -0.2) is 0 Å². The Balaban J connectivity index is 0.00000176. The zero-order valence-electron chi connectivity index (χ0n) is 17.2. The van der Waals surface area contributed by atoms with Gasteiger partial charge in [-0.15, -0.1) is 0 Å². The maximum atomic E-state index is 9.24. The lowest BCUT2D eigenvalue weighted by molar-refractivity contribution is 0.426. The predicted molar refractivity (Wildman–Crippen MR) is 118 cm³/mol. The van der Waals surface area contributed by atoms with Gasteiger partial charge in [-0.05, 0) is 36.5 Å². The van der Waals surface area contributed by atoms with Crippen LogP contribution in [0.5, 0.6) is 0 Å². The van der Waals surface area contributed by atoms with Crippen LogP contribution in [0.4, 0.5) is 5.69 Å². The van der Waals surface area contributed by atoms with Crippen LogP contribution in [0.15, 0.2) is 73.0 Å². The number of rotatable bonds is 7. The summed E-state index contributed by atoms with van der Waals surface area (Å²) in [6, 6.07) is 15.7. The molecule has 0 radical (unpaired) electrons. The predicted octanol–water partition coefficient (Wildman–Crippen LogP) is 4.61. The Labute approximate surface area is 164 Å². The van der Waals surface area contributed by atoms with Crippen molar-refractivity contribution in [3.05, 3.63) is 84.1 Å². The Hall–Kier alpha value is -2.30. The fourth-order valence-electron chi connectivity index (χ4n) is 2.91. The van der Waals surface area contributed by atoms with Crippen LogP contribution >= 0.6 is 0 Å². The summed E-state index contributed by atoms with van der Waals surface area (Å²) in [6.07, 6.45) is 4.26. The number of para-hydroxylation sites is 1. The van der Waals surface area contributed by atoms with Gasteiger partial charge in [-0.1, -0.05) is 82.0 Å². The Morgan fingerprint density at radius 2 is 1.70 bits per heavy atom. The van der Waals surface area contributed by atoms with E-state index in [1.165, 1.54) is 5.56 Å². The van der Waals surface area contributed by atoms with Gasteiger partial charge in [-0.2, -0.15) is 0 Å². The molecule has 1 atom stereocenters. The number of hydrogen-bond donors (Lipinski definition) is 2. The molecule has 0 saturated carbocycles. The Kier molecular flexibility index (Phi) is 9.62. The number of nitrogens with zero attached hydrogens (tertiary/aromatic N) is 1. The van der Waals surface area contributed by atoms with Gasteiger partial charge >= 0.3 is 7.12 Å². The van der Waals surface area contributed by atoms with E-state index < -0.39 is 7.12 Å². The van der Waals surface area contributed by atoms with Crippen molar-refractivity contribution in [2.45, 2.75) is 47.1 Å². The van der Waals surface area contributed by atoms with Gasteiger partial charge in [0.15, 0.2) is 0 Å². The molecule has 0 aliphatic heterocycles. The van der Waals surface area contributed by atoms with Crippen LogP contribution in [0.25, 0.3) is 0 Å². The summed E-state index contributed by atoms with van der Waals surface area (Å²) in [6.45, 7) is 15.1. The first-order valence-corrected chi connectivity index (χ1v) is 9.53. The molecule has 0 bridgehead atoms. The van der Waals surface area contributed by atoms with Crippen LogP contribution in [-0.4, -0.2) is 17.2 Å². The molecule has 27 heavy (non-hydrogen) atoms. The van der Waals surface area contributed by atoms with E-state index in [2.05, 4.69) is 48.8 Å². The minimum absolute atomic E-state index is 0.315. The minimum Gasteiger partial charge on any atom is -0.423 e. The number of allylic oxidation sites excluding steroid dienone is 3. The van der Waals surface area contributed by atoms with Gasteiger partial charge in [0.25, 0.3) is 0 Å². The number of benzene rings is 2. The summed E-state index contributed by atoms with van der Waals surface area (Å²) < 4.78 is 0. The van der Waals surface area contributed by atoms with Crippen molar-refractivity contribution >= 4 is 18.3 Å². The zero-order chi connectivity index (χ0) is 20.4. The molecule has 0 heterocycles. The molecule has 3 nitrogen and oxygen atoms in total. The Bertz CT molecular complexity index is 738. The lowest BCUT2D eigenvalue weighted by Gasteiger charge is -2.29. The average Bonchev–Trinajstić information content (AvgIpc) is 2.68. The average molecular weight is 365 g/mol. The fourth-order valence-corrected chi connectivity index (χ4v) is 2.91. The highest BCUT2D eigenvalue weighted by atomic mass is 16.4. The lowest BCUT2D eigenvalue weighted by Crippen LogP contribution is -2.29. The molecule has 0 spiro atoms. The molecular weight excluding hydrogens is 333 g/mol. The molecule has 2 N–H and O–H groups in total. The Morgan fingerprint density at radius 1 is 1.11 bits per heavy atom. The molecule has 0 saturated heterocycles. The highest BCUT2D eigenvalue weighted by molar-refractivity contribution is 6.58. The topological polar surface area (TPSA) is 43.7 Å². The van der Waals surface area contributed by atoms with Gasteiger partial charge < -0.3 is 14.9 Å². The van der Waals surface area contributed by atoms with E-state index in [1.807, 2.05) is 45.9 Å². The molecule has 2 rings (SSSR count). The SMILES string of the molecule is C=C(C)N(Cc1ccc(B(O)O)cc1)c1ccccc1C(C)/C=C\C.CC. The summed E-state index contributed by atoms with van der Waals surface area (Å²) in [4.78, 5) is 2.19. The van der Waals surface area contributed by atoms with Crippen molar-refractivity contribution in [1.29, 1.82) is 0 Å². The monoisotopic (exact) mass is 365 g/mol. The van der Waals surface area contributed by atoms with E-state index in [4.69, 9.17) is 0 Å². The van der Waals surface area contributed by atoms with Crippen LogP contribution in [-0.2, 0) is 6.54 Å². The number of hydrogen-bond acceptors (Lipinski definition) is 3. The largest absolute Gasteiger partial charge is 0.488 e. The maximum Gasteiger partial charge on any atom is 0.488 e. The minimum atomic E-state index is -1.44. The number of anilines is 1. The zero-order valence-corrected chi connectivity index (χ0v) is 17.2.